The van der Waals surface area contributed by atoms with Crippen LogP contribution in [0, 0.1) is 12.8 Å². The molecule has 0 aromatic carbocycles. The molecule has 3 heteroatoms. The summed E-state index contributed by atoms with van der Waals surface area (Å²) < 4.78 is 0. The topological polar surface area (TPSA) is 24.9 Å². The highest BCUT2D eigenvalue weighted by molar-refractivity contribution is 6.30. The van der Waals surface area contributed by atoms with Crippen LogP contribution in [-0.2, 0) is 0 Å². The summed E-state index contributed by atoms with van der Waals surface area (Å²) in [6, 6.07) is 2.81. The first-order valence-corrected chi connectivity index (χ1v) is 5.68. The fourth-order valence-corrected chi connectivity index (χ4v) is 2.43. The van der Waals surface area contributed by atoms with Gasteiger partial charge in [0, 0.05) is 24.7 Å². The molecule has 1 aromatic rings. The van der Waals surface area contributed by atoms with Gasteiger partial charge in [0.2, 0.25) is 0 Å². The molecule has 2 nitrogen and oxygen atoms in total. The second-order valence-electron chi connectivity index (χ2n) is 4.41. The third-order valence-corrected chi connectivity index (χ3v) is 3.77. The molecule has 0 bridgehead atoms. The lowest BCUT2D eigenvalue weighted by Gasteiger charge is -2.31. The van der Waals surface area contributed by atoms with Gasteiger partial charge in [0.25, 0.3) is 0 Å². The van der Waals surface area contributed by atoms with Crippen molar-refractivity contribution in [3.63, 3.8) is 0 Å². The molecular weight excluding hydrogens is 208 g/mol. The van der Waals surface area contributed by atoms with Gasteiger partial charge in [-0.1, -0.05) is 17.7 Å². The monoisotopic (exact) mass is 220 g/mol. The molecule has 2 unspecified atom stereocenters. The van der Waals surface area contributed by atoms with E-state index in [1.165, 1.54) is 11.1 Å². The normalized spacial score (nSPS) is 28.3. The first-order chi connectivity index (χ1) is 7.24. The van der Waals surface area contributed by atoms with Gasteiger partial charge in [-0.05, 0) is 36.1 Å². The molecule has 1 saturated heterocycles. The van der Waals surface area contributed by atoms with E-state index in [1.807, 2.05) is 13.1 Å². The summed E-state index contributed by atoms with van der Waals surface area (Å²) in [5, 5.41) is 4.04. The molecule has 0 amide bonds. The number of fused-ring (bicyclic) bond motifs is 1. The van der Waals surface area contributed by atoms with E-state index in [2.05, 4.69) is 22.4 Å². The second-order valence-corrected chi connectivity index (χ2v) is 4.76. The Morgan fingerprint density at radius 1 is 1.53 bits per heavy atom. The zero-order valence-electron chi connectivity index (χ0n) is 8.63. The van der Waals surface area contributed by atoms with Gasteiger partial charge in [0.05, 0.1) is 0 Å². The quantitative estimate of drug-likeness (QED) is 0.736. The van der Waals surface area contributed by atoms with Crippen molar-refractivity contribution in [2.24, 2.45) is 5.92 Å². The van der Waals surface area contributed by atoms with Gasteiger partial charge in [-0.15, -0.1) is 0 Å². The molecule has 1 aromatic heterocycles. The van der Waals surface area contributed by atoms with E-state index in [1.54, 1.807) is 0 Å². The minimum atomic E-state index is 0.610. The van der Waals surface area contributed by atoms with Crippen molar-refractivity contribution in [2.75, 3.05) is 6.54 Å². The summed E-state index contributed by atoms with van der Waals surface area (Å²) >= 11 is 5.91. The summed E-state index contributed by atoms with van der Waals surface area (Å²) in [5.74, 6) is 0.746. The third-order valence-electron chi connectivity index (χ3n) is 3.37. The predicted molar refractivity (Wildman–Crippen MR) is 61.9 cm³/mol. The van der Waals surface area contributed by atoms with E-state index >= 15 is 0 Å². The minimum absolute atomic E-state index is 0.610. The minimum Gasteiger partial charge on any atom is -0.312 e. The molecule has 15 heavy (non-hydrogen) atoms. The van der Waals surface area contributed by atoms with Crippen molar-refractivity contribution < 1.29 is 0 Å². The van der Waals surface area contributed by atoms with Crippen LogP contribution < -0.4 is 5.32 Å². The van der Waals surface area contributed by atoms with Crippen LogP contribution in [0.4, 0.5) is 0 Å². The Balaban J connectivity index is 1.93. The molecule has 1 fully saturated rings. The van der Waals surface area contributed by atoms with Crippen molar-refractivity contribution in [1.29, 1.82) is 0 Å². The highest BCUT2D eigenvalue weighted by atomic mass is 35.5. The molecule has 1 aliphatic carbocycles. The lowest BCUT2D eigenvalue weighted by Crippen LogP contribution is -2.49. The predicted octanol–water partition coefficient (Wildman–Crippen LogP) is 2.42. The van der Waals surface area contributed by atoms with Crippen LogP contribution in [0.2, 0.25) is 5.15 Å². The number of nitrogens with zero attached hydrogens (tertiary/aromatic N) is 1. The Hall–Kier alpha value is -0.860. The van der Waals surface area contributed by atoms with Gasteiger partial charge in [0.1, 0.15) is 5.15 Å². The van der Waals surface area contributed by atoms with Gasteiger partial charge < -0.3 is 5.32 Å². The fourth-order valence-electron chi connectivity index (χ4n) is 2.33. The molecule has 0 spiro atoms. The lowest BCUT2D eigenvalue weighted by atomic mass is 9.95. The van der Waals surface area contributed by atoms with Crippen molar-refractivity contribution in [1.82, 2.24) is 10.3 Å². The highest BCUT2D eigenvalue weighted by Crippen LogP contribution is 2.36. The van der Waals surface area contributed by atoms with Gasteiger partial charge in [-0.25, -0.2) is 4.98 Å². The molecule has 2 atom stereocenters. The summed E-state index contributed by atoms with van der Waals surface area (Å²) in [7, 11) is 0. The maximum Gasteiger partial charge on any atom is 0.131 e. The Morgan fingerprint density at radius 3 is 2.93 bits per heavy atom. The summed E-state index contributed by atoms with van der Waals surface area (Å²) in [4.78, 5) is 4.20. The number of halogens is 1. The van der Waals surface area contributed by atoms with Gasteiger partial charge in [-0.2, -0.15) is 0 Å². The SMILES string of the molecule is Cc1cc(C2=CC3CNC3C2)cnc1Cl. The van der Waals surface area contributed by atoms with Crippen molar-refractivity contribution >= 4 is 17.2 Å². The van der Waals surface area contributed by atoms with Crippen molar-refractivity contribution in [3.8, 4) is 0 Å². The number of rotatable bonds is 1. The Labute approximate surface area is 94.4 Å². The van der Waals surface area contributed by atoms with Crippen LogP contribution in [0.5, 0.6) is 0 Å². The maximum atomic E-state index is 5.91. The van der Waals surface area contributed by atoms with Crippen molar-refractivity contribution in [3.05, 3.63) is 34.6 Å². The highest BCUT2D eigenvalue weighted by Gasteiger charge is 2.34. The van der Waals surface area contributed by atoms with Gasteiger partial charge >= 0.3 is 0 Å². The summed E-state index contributed by atoms with van der Waals surface area (Å²) in [6.45, 7) is 3.13. The van der Waals surface area contributed by atoms with Crippen LogP contribution in [-0.4, -0.2) is 17.6 Å². The van der Waals surface area contributed by atoms with Gasteiger partial charge in [-0.3, -0.25) is 0 Å². The molecule has 1 aliphatic heterocycles. The maximum absolute atomic E-state index is 5.91. The third kappa shape index (κ3) is 1.48. The standard InChI is InChI=1S/C12H13ClN2/c1-7-2-9(5-15-12(7)13)8-3-10-6-14-11(10)4-8/h2-3,5,10-11,14H,4,6H2,1H3. The number of pyridine rings is 1. The molecular formula is C12H13ClN2. The van der Waals surface area contributed by atoms with Crippen molar-refractivity contribution in [2.45, 2.75) is 19.4 Å². The number of hydrogen-bond donors (Lipinski definition) is 1. The average molecular weight is 221 g/mol. The molecule has 2 aliphatic rings. The fraction of sp³-hybridized carbons (Fsp3) is 0.417. The Kier molecular flexibility index (Phi) is 2.08. The Bertz CT molecular complexity index is 439. The zero-order chi connectivity index (χ0) is 10.4. The molecule has 78 valence electrons. The first-order valence-electron chi connectivity index (χ1n) is 5.30. The number of aromatic nitrogens is 1. The largest absolute Gasteiger partial charge is 0.312 e. The van der Waals surface area contributed by atoms with Gasteiger partial charge in [0.15, 0.2) is 0 Å². The average Bonchev–Trinajstić information content (AvgIpc) is 2.48. The Morgan fingerprint density at radius 2 is 2.40 bits per heavy atom. The number of nitrogens with one attached hydrogen (secondary N) is 1. The summed E-state index contributed by atoms with van der Waals surface area (Å²) in [5.41, 5.74) is 3.71. The molecule has 1 N–H and O–H groups in total. The number of hydrogen-bond acceptors (Lipinski definition) is 2. The molecule has 0 radical (unpaired) electrons. The molecule has 0 saturated carbocycles. The van der Waals surface area contributed by atoms with Crippen LogP contribution in [0.15, 0.2) is 18.3 Å². The van der Waals surface area contributed by atoms with E-state index in [0.29, 0.717) is 11.2 Å². The van der Waals surface area contributed by atoms with Crippen LogP contribution in [0.1, 0.15) is 17.5 Å². The van der Waals surface area contributed by atoms with E-state index < -0.39 is 0 Å². The van der Waals surface area contributed by atoms with Crippen LogP contribution >= 0.6 is 11.6 Å². The summed E-state index contributed by atoms with van der Waals surface area (Å²) in [6.07, 6.45) is 5.39. The molecule has 2 heterocycles. The first kappa shape index (κ1) is 9.37. The van der Waals surface area contributed by atoms with E-state index in [4.69, 9.17) is 11.6 Å². The smallest absolute Gasteiger partial charge is 0.131 e. The second kappa shape index (κ2) is 3.32. The van der Waals surface area contributed by atoms with Crippen LogP contribution in [0.3, 0.4) is 0 Å². The number of aryl methyl sites for hydroxylation is 1. The van der Waals surface area contributed by atoms with E-state index in [9.17, 15) is 0 Å². The van der Waals surface area contributed by atoms with E-state index in [0.717, 1.165) is 24.4 Å². The van der Waals surface area contributed by atoms with Crippen LogP contribution in [0.25, 0.3) is 5.57 Å². The zero-order valence-corrected chi connectivity index (χ0v) is 9.38. The van der Waals surface area contributed by atoms with E-state index in [-0.39, 0.29) is 0 Å². The lowest BCUT2D eigenvalue weighted by molar-refractivity contribution is 0.306. The molecule has 3 rings (SSSR count).